The Hall–Kier alpha value is -2.18. The van der Waals surface area contributed by atoms with Gasteiger partial charge < -0.3 is 14.6 Å². The van der Waals surface area contributed by atoms with Gasteiger partial charge in [0.05, 0.1) is 6.61 Å². The second kappa shape index (κ2) is 8.78. The van der Waals surface area contributed by atoms with Gasteiger partial charge in [0.25, 0.3) is 0 Å². The molecule has 134 valence electrons. The van der Waals surface area contributed by atoms with Crippen molar-refractivity contribution in [2.24, 2.45) is 0 Å². The molecule has 1 aromatic carbocycles. The molecule has 0 saturated carbocycles. The number of rotatable bonds is 7. The molecule has 1 N–H and O–H groups in total. The molecule has 1 atom stereocenters. The number of aryl methyl sites for hydroxylation is 2. The van der Waals surface area contributed by atoms with Crippen LogP contribution >= 0.6 is 0 Å². The first-order valence-electron chi connectivity index (χ1n) is 8.86. The quantitative estimate of drug-likeness (QED) is 0.777. The van der Waals surface area contributed by atoms with Gasteiger partial charge in [-0.15, -0.1) is 0 Å². The molecular weight excluding hydrogens is 316 g/mol. The van der Waals surface area contributed by atoms with E-state index in [2.05, 4.69) is 31.9 Å². The minimum Gasteiger partial charge on any atom is -0.366 e. The summed E-state index contributed by atoms with van der Waals surface area (Å²) >= 11 is 0. The fourth-order valence-corrected chi connectivity index (χ4v) is 3.06. The Labute approximate surface area is 148 Å². The summed E-state index contributed by atoms with van der Waals surface area (Å²) in [7, 11) is 0. The molecule has 0 spiro atoms. The van der Waals surface area contributed by atoms with Gasteiger partial charge >= 0.3 is 0 Å². The van der Waals surface area contributed by atoms with Crippen LogP contribution in [-0.2, 0) is 22.6 Å². The van der Waals surface area contributed by atoms with Gasteiger partial charge in [0.15, 0.2) is 0 Å². The van der Waals surface area contributed by atoms with Crippen molar-refractivity contribution in [3.05, 3.63) is 54.1 Å². The number of benzene rings is 1. The monoisotopic (exact) mass is 342 g/mol. The maximum absolute atomic E-state index is 12.3. The van der Waals surface area contributed by atoms with Crippen LogP contribution < -0.4 is 5.32 Å². The molecule has 2 aromatic rings. The number of amides is 1. The summed E-state index contributed by atoms with van der Waals surface area (Å²) in [5, 5.41) is 2.99. The number of ether oxygens (including phenoxy) is 1. The highest BCUT2D eigenvalue weighted by Gasteiger charge is 2.26. The first-order chi connectivity index (χ1) is 12.2. The Kier molecular flexibility index (Phi) is 6.19. The molecule has 0 radical (unpaired) electrons. The van der Waals surface area contributed by atoms with Crippen molar-refractivity contribution in [2.75, 3.05) is 26.2 Å². The maximum Gasteiger partial charge on any atom is 0.250 e. The van der Waals surface area contributed by atoms with Gasteiger partial charge in [-0.1, -0.05) is 30.3 Å². The Morgan fingerprint density at radius 3 is 2.96 bits per heavy atom. The summed E-state index contributed by atoms with van der Waals surface area (Å²) in [6, 6.07) is 10.3. The maximum atomic E-state index is 12.3. The summed E-state index contributed by atoms with van der Waals surface area (Å²) in [5.41, 5.74) is 1.26. The second-order valence-corrected chi connectivity index (χ2v) is 6.39. The van der Waals surface area contributed by atoms with E-state index in [1.54, 1.807) is 6.20 Å². The van der Waals surface area contributed by atoms with E-state index in [1.165, 1.54) is 5.56 Å². The van der Waals surface area contributed by atoms with E-state index < -0.39 is 0 Å². The molecule has 0 bridgehead atoms. The number of carbonyl (C=O) groups is 1. The molecule has 1 aliphatic rings. The normalized spacial score (nSPS) is 18.2. The zero-order valence-electron chi connectivity index (χ0n) is 14.7. The Morgan fingerprint density at radius 1 is 1.36 bits per heavy atom. The lowest BCUT2D eigenvalue weighted by molar-refractivity contribution is -0.138. The Bertz CT molecular complexity index is 671. The summed E-state index contributed by atoms with van der Waals surface area (Å²) in [6.45, 7) is 6.44. The Balaban J connectivity index is 1.40. The molecular formula is C19H26N4O2. The third-order valence-electron chi connectivity index (χ3n) is 4.49. The molecule has 6 heteroatoms. The van der Waals surface area contributed by atoms with E-state index >= 15 is 0 Å². The summed E-state index contributed by atoms with van der Waals surface area (Å²) in [5.74, 6) is 0.985. The molecule has 2 heterocycles. The van der Waals surface area contributed by atoms with E-state index in [9.17, 15) is 4.79 Å². The number of nitrogens with one attached hydrogen (secondary N) is 1. The zero-order valence-corrected chi connectivity index (χ0v) is 14.7. The van der Waals surface area contributed by atoms with E-state index in [0.29, 0.717) is 19.7 Å². The molecule has 25 heavy (non-hydrogen) atoms. The van der Waals surface area contributed by atoms with Crippen LogP contribution in [0.2, 0.25) is 0 Å². The fourth-order valence-electron chi connectivity index (χ4n) is 3.06. The van der Waals surface area contributed by atoms with Crippen molar-refractivity contribution in [1.82, 2.24) is 19.8 Å². The van der Waals surface area contributed by atoms with Crippen LogP contribution in [0.4, 0.5) is 0 Å². The van der Waals surface area contributed by atoms with Gasteiger partial charge in [0.2, 0.25) is 5.91 Å². The SMILES string of the molecule is Cc1nccn1CCCNC(=O)C1CN(Cc2ccccc2)CCO1. The standard InChI is InChI=1S/C19H26N4O2/c1-16-20-9-11-23(16)10-5-8-21-19(24)18-15-22(12-13-25-18)14-17-6-3-2-4-7-17/h2-4,6-7,9,11,18H,5,8,10,12-15H2,1H3,(H,21,24). The molecule has 1 saturated heterocycles. The van der Waals surface area contributed by atoms with Crippen molar-refractivity contribution in [2.45, 2.75) is 32.5 Å². The second-order valence-electron chi connectivity index (χ2n) is 6.39. The highest BCUT2D eigenvalue weighted by Crippen LogP contribution is 2.10. The number of hydrogen-bond acceptors (Lipinski definition) is 4. The van der Waals surface area contributed by atoms with E-state index in [0.717, 1.165) is 31.9 Å². The average Bonchev–Trinajstić information content (AvgIpc) is 3.04. The van der Waals surface area contributed by atoms with Gasteiger partial charge in [0.1, 0.15) is 11.9 Å². The Morgan fingerprint density at radius 2 is 2.20 bits per heavy atom. The van der Waals surface area contributed by atoms with Crippen LogP contribution in [0.5, 0.6) is 0 Å². The van der Waals surface area contributed by atoms with E-state index in [1.807, 2.05) is 31.3 Å². The third kappa shape index (κ3) is 5.14. The minimum atomic E-state index is -0.382. The van der Waals surface area contributed by atoms with Crippen LogP contribution in [0.1, 0.15) is 17.8 Å². The smallest absolute Gasteiger partial charge is 0.250 e. The third-order valence-corrected chi connectivity index (χ3v) is 4.49. The minimum absolute atomic E-state index is 0.0138. The average molecular weight is 342 g/mol. The van der Waals surface area contributed by atoms with Crippen molar-refractivity contribution in [1.29, 1.82) is 0 Å². The molecule has 6 nitrogen and oxygen atoms in total. The van der Waals surface area contributed by atoms with Gasteiger partial charge in [-0.05, 0) is 18.9 Å². The van der Waals surface area contributed by atoms with E-state index in [-0.39, 0.29) is 12.0 Å². The van der Waals surface area contributed by atoms with Crippen LogP contribution in [0.25, 0.3) is 0 Å². The van der Waals surface area contributed by atoms with Gasteiger partial charge in [-0.25, -0.2) is 4.98 Å². The topological polar surface area (TPSA) is 59.4 Å². The van der Waals surface area contributed by atoms with E-state index in [4.69, 9.17) is 4.74 Å². The fraction of sp³-hybridized carbons (Fsp3) is 0.474. The molecule has 1 aliphatic heterocycles. The van der Waals surface area contributed by atoms with Crippen LogP contribution in [0, 0.1) is 6.92 Å². The number of aromatic nitrogens is 2. The molecule has 1 fully saturated rings. The number of carbonyl (C=O) groups excluding carboxylic acids is 1. The van der Waals surface area contributed by atoms with Crippen molar-refractivity contribution in [3.8, 4) is 0 Å². The highest BCUT2D eigenvalue weighted by molar-refractivity contribution is 5.81. The first-order valence-corrected chi connectivity index (χ1v) is 8.86. The number of nitrogens with zero attached hydrogens (tertiary/aromatic N) is 3. The van der Waals surface area contributed by atoms with Crippen LogP contribution in [0.3, 0.4) is 0 Å². The number of imidazole rings is 1. The van der Waals surface area contributed by atoms with Crippen LogP contribution in [0.15, 0.2) is 42.7 Å². The van der Waals surface area contributed by atoms with Gasteiger partial charge in [0, 0.05) is 45.1 Å². The predicted octanol–water partition coefficient (Wildman–Crippen LogP) is 1.60. The molecule has 1 aromatic heterocycles. The van der Waals surface area contributed by atoms with Crippen molar-refractivity contribution >= 4 is 5.91 Å². The summed E-state index contributed by atoms with van der Waals surface area (Å²) in [6.07, 6.45) is 4.25. The van der Waals surface area contributed by atoms with Crippen LogP contribution in [-0.4, -0.2) is 52.7 Å². The van der Waals surface area contributed by atoms with Gasteiger partial charge in [-0.3, -0.25) is 9.69 Å². The lowest BCUT2D eigenvalue weighted by Gasteiger charge is -2.32. The molecule has 1 unspecified atom stereocenters. The number of hydrogen-bond donors (Lipinski definition) is 1. The molecule has 1 amide bonds. The predicted molar refractivity (Wildman–Crippen MR) is 96.0 cm³/mol. The van der Waals surface area contributed by atoms with Crippen molar-refractivity contribution in [3.63, 3.8) is 0 Å². The summed E-state index contributed by atoms with van der Waals surface area (Å²) < 4.78 is 7.75. The number of morpholine rings is 1. The summed E-state index contributed by atoms with van der Waals surface area (Å²) in [4.78, 5) is 18.8. The lowest BCUT2D eigenvalue weighted by Crippen LogP contribution is -2.49. The van der Waals surface area contributed by atoms with Gasteiger partial charge in [-0.2, -0.15) is 0 Å². The lowest BCUT2D eigenvalue weighted by atomic mass is 10.2. The van der Waals surface area contributed by atoms with Crippen molar-refractivity contribution < 1.29 is 9.53 Å². The zero-order chi connectivity index (χ0) is 17.5. The molecule has 3 rings (SSSR count). The first kappa shape index (κ1) is 17.6. The molecule has 0 aliphatic carbocycles. The highest BCUT2D eigenvalue weighted by atomic mass is 16.5. The largest absolute Gasteiger partial charge is 0.366 e.